The summed E-state index contributed by atoms with van der Waals surface area (Å²) in [5.41, 5.74) is 1.04. The number of methoxy groups -OCH3 is 2. The van der Waals surface area contributed by atoms with Crippen molar-refractivity contribution in [1.82, 2.24) is 0 Å². The van der Waals surface area contributed by atoms with Crippen LogP contribution in [0.1, 0.15) is 11.9 Å². The van der Waals surface area contributed by atoms with Gasteiger partial charge in [-0.3, -0.25) is 0 Å². The summed E-state index contributed by atoms with van der Waals surface area (Å²) >= 11 is 2.26. The van der Waals surface area contributed by atoms with Gasteiger partial charge in [0.1, 0.15) is 0 Å². The van der Waals surface area contributed by atoms with E-state index in [1.807, 2.05) is 24.3 Å². The molecule has 0 aliphatic heterocycles. The summed E-state index contributed by atoms with van der Waals surface area (Å²) in [7, 11) is 3.26. The number of benzene rings is 1. The molecule has 12 heavy (non-hydrogen) atoms. The van der Waals surface area contributed by atoms with Crippen LogP contribution in [-0.4, -0.2) is 14.2 Å². The van der Waals surface area contributed by atoms with Gasteiger partial charge < -0.3 is 9.47 Å². The number of ether oxygens (including phenoxy) is 2. The van der Waals surface area contributed by atoms with Gasteiger partial charge in [0.2, 0.25) is 0 Å². The van der Waals surface area contributed by atoms with Gasteiger partial charge in [-0.05, 0) is 34.7 Å². The second-order valence-electron chi connectivity index (χ2n) is 2.35. The average molecular weight is 278 g/mol. The minimum Gasteiger partial charge on any atom is -0.352 e. The van der Waals surface area contributed by atoms with E-state index in [9.17, 15) is 0 Å². The summed E-state index contributed by atoms with van der Waals surface area (Å²) in [6.07, 6.45) is -0.248. The Balaban J connectivity index is 2.80. The van der Waals surface area contributed by atoms with Crippen LogP contribution in [0, 0.1) is 3.57 Å². The van der Waals surface area contributed by atoms with Crippen molar-refractivity contribution in [3.63, 3.8) is 0 Å². The van der Waals surface area contributed by atoms with E-state index in [4.69, 9.17) is 9.47 Å². The van der Waals surface area contributed by atoms with Gasteiger partial charge in [0, 0.05) is 23.4 Å². The van der Waals surface area contributed by atoms with Gasteiger partial charge in [0.15, 0.2) is 6.29 Å². The molecule has 1 aromatic carbocycles. The predicted octanol–water partition coefficient (Wildman–Crippen LogP) is 2.58. The number of hydrogen-bond acceptors (Lipinski definition) is 2. The summed E-state index contributed by atoms with van der Waals surface area (Å²) in [6.45, 7) is 0. The van der Waals surface area contributed by atoms with Crippen molar-refractivity contribution in [1.29, 1.82) is 0 Å². The molecule has 0 fully saturated rings. The fourth-order valence-corrected chi connectivity index (χ4v) is 1.35. The standard InChI is InChI=1S/C9H11IO2/c1-11-9(12-2)7-3-5-8(10)6-4-7/h3-6,9H,1-2H3. The van der Waals surface area contributed by atoms with E-state index in [0.29, 0.717) is 0 Å². The maximum atomic E-state index is 5.10. The molecule has 0 N–H and O–H groups in total. The Hall–Kier alpha value is -0.130. The molecule has 0 atom stereocenters. The van der Waals surface area contributed by atoms with E-state index in [2.05, 4.69) is 22.6 Å². The molecule has 1 aromatic rings. The first-order valence-corrected chi connectivity index (χ1v) is 4.67. The zero-order chi connectivity index (χ0) is 8.97. The maximum absolute atomic E-state index is 5.10. The number of rotatable bonds is 3. The molecular weight excluding hydrogens is 267 g/mol. The zero-order valence-corrected chi connectivity index (χ0v) is 9.24. The van der Waals surface area contributed by atoms with Crippen LogP contribution in [0.3, 0.4) is 0 Å². The lowest BCUT2D eigenvalue weighted by molar-refractivity contribution is -0.106. The van der Waals surface area contributed by atoms with Crippen molar-refractivity contribution in [3.05, 3.63) is 33.4 Å². The molecular formula is C9H11IO2. The number of halogens is 1. The third-order valence-corrected chi connectivity index (χ3v) is 2.29. The van der Waals surface area contributed by atoms with Crippen molar-refractivity contribution in [3.8, 4) is 0 Å². The quantitative estimate of drug-likeness (QED) is 0.625. The van der Waals surface area contributed by atoms with E-state index in [-0.39, 0.29) is 6.29 Å². The van der Waals surface area contributed by atoms with E-state index < -0.39 is 0 Å². The van der Waals surface area contributed by atoms with E-state index in [1.54, 1.807) is 14.2 Å². The largest absolute Gasteiger partial charge is 0.352 e. The van der Waals surface area contributed by atoms with Gasteiger partial charge in [-0.15, -0.1) is 0 Å². The van der Waals surface area contributed by atoms with Gasteiger partial charge >= 0.3 is 0 Å². The normalized spacial score (nSPS) is 10.7. The third-order valence-electron chi connectivity index (χ3n) is 1.57. The molecule has 0 amide bonds. The highest BCUT2D eigenvalue weighted by molar-refractivity contribution is 14.1. The van der Waals surface area contributed by atoms with Crippen LogP contribution in [0.2, 0.25) is 0 Å². The van der Waals surface area contributed by atoms with Crippen LogP contribution >= 0.6 is 22.6 Å². The Labute approximate surface area is 86.0 Å². The summed E-state index contributed by atoms with van der Waals surface area (Å²) in [4.78, 5) is 0. The Kier molecular flexibility index (Phi) is 3.97. The lowest BCUT2D eigenvalue weighted by Gasteiger charge is -2.13. The highest BCUT2D eigenvalue weighted by Gasteiger charge is 2.06. The third kappa shape index (κ3) is 2.43. The Morgan fingerprint density at radius 2 is 1.58 bits per heavy atom. The minimum atomic E-state index is -0.248. The Morgan fingerprint density at radius 1 is 1.08 bits per heavy atom. The van der Waals surface area contributed by atoms with Gasteiger partial charge in [-0.1, -0.05) is 12.1 Å². The summed E-state index contributed by atoms with van der Waals surface area (Å²) in [5.74, 6) is 0. The van der Waals surface area contributed by atoms with Gasteiger partial charge in [0.25, 0.3) is 0 Å². The monoisotopic (exact) mass is 278 g/mol. The molecule has 0 aliphatic rings. The molecule has 66 valence electrons. The van der Waals surface area contributed by atoms with Crippen molar-refractivity contribution >= 4 is 22.6 Å². The predicted molar refractivity (Wildman–Crippen MR) is 55.9 cm³/mol. The van der Waals surface area contributed by atoms with Crippen LogP contribution in [0.5, 0.6) is 0 Å². The van der Waals surface area contributed by atoms with Crippen LogP contribution < -0.4 is 0 Å². The van der Waals surface area contributed by atoms with Crippen LogP contribution in [0.25, 0.3) is 0 Å². The van der Waals surface area contributed by atoms with Crippen molar-refractivity contribution in [2.45, 2.75) is 6.29 Å². The Bertz CT molecular complexity index is 229. The first kappa shape index (κ1) is 9.95. The van der Waals surface area contributed by atoms with Crippen LogP contribution in [0.4, 0.5) is 0 Å². The van der Waals surface area contributed by atoms with E-state index >= 15 is 0 Å². The molecule has 0 radical (unpaired) electrons. The van der Waals surface area contributed by atoms with E-state index in [0.717, 1.165) is 5.56 Å². The average Bonchev–Trinajstić information content (AvgIpc) is 2.10. The summed E-state index contributed by atoms with van der Waals surface area (Å²) in [5, 5.41) is 0. The topological polar surface area (TPSA) is 18.5 Å². The molecule has 1 rings (SSSR count). The molecule has 0 spiro atoms. The van der Waals surface area contributed by atoms with Gasteiger partial charge in [-0.2, -0.15) is 0 Å². The highest BCUT2D eigenvalue weighted by atomic mass is 127. The fraction of sp³-hybridized carbons (Fsp3) is 0.333. The summed E-state index contributed by atoms with van der Waals surface area (Å²) < 4.78 is 11.4. The molecule has 2 nitrogen and oxygen atoms in total. The van der Waals surface area contributed by atoms with Crippen molar-refractivity contribution < 1.29 is 9.47 Å². The zero-order valence-electron chi connectivity index (χ0n) is 7.08. The molecule has 0 aliphatic carbocycles. The van der Waals surface area contributed by atoms with Crippen molar-refractivity contribution in [2.75, 3.05) is 14.2 Å². The molecule has 0 bridgehead atoms. The maximum Gasteiger partial charge on any atom is 0.183 e. The highest BCUT2D eigenvalue weighted by Crippen LogP contribution is 2.17. The van der Waals surface area contributed by atoms with E-state index in [1.165, 1.54) is 3.57 Å². The van der Waals surface area contributed by atoms with Crippen LogP contribution in [0.15, 0.2) is 24.3 Å². The smallest absolute Gasteiger partial charge is 0.183 e. The second-order valence-corrected chi connectivity index (χ2v) is 3.60. The van der Waals surface area contributed by atoms with Gasteiger partial charge in [0.05, 0.1) is 0 Å². The lowest BCUT2D eigenvalue weighted by atomic mass is 10.2. The van der Waals surface area contributed by atoms with Crippen molar-refractivity contribution in [2.24, 2.45) is 0 Å². The minimum absolute atomic E-state index is 0.248. The lowest BCUT2D eigenvalue weighted by Crippen LogP contribution is -2.02. The molecule has 0 aromatic heterocycles. The first-order valence-electron chi connectivity index (χ1n) is 3.59. The molecule has 0 heterocycles. The molecule has 0 unspecified atom stereocenters. The Morgan fingerprint density at radius 3 is 2.00 bits per heavy atom. The van der Waals surface area contributed by atoms with Gasteiger partial charge in [-0.25, -0.2) is 0 Å². The SMILES string of the molecule is COC(OC)c1ccc(I)cc1. The fourth-order valence-electron chi connectivity index (χ4n) is 0.988. The molecule has 3 heteroatoms. The molecule has 0 saturated carbocycles. The second kappa shape index (κ2) is 4.79. The first-order chi connectivity index (χ1) is 5.77. The summed E-state index contributed by atoms with van der Waals surface area (Å²) in [6, 6.07) is 8.06. The number of hydrogen-bond donors (Lipinski definition) is 0. The van der Waals surface area contributed by atoms with Crippen LogP contribution in [-0.2, 0) is 9.47 Å². The molecule has 0 saturated heterocycles.